The maximum atomic E-state index is 11.6. The number of hydrogen-bond donors (Lipinski definition) is 1. The maximum absolute atomic E-state index is 11.6. The van der Waals surface area contributed by atoms with Crippen molar-refractivity contribution in [2.75, 3.05) is 18.9 Å². The highest BCUT2D eigenvalue weighted by Gasteiger charge is 2.11. The van der Waals surface area contributed by atoms with Gasteiger partial charge in [-0.15, -0.1) is 0 Å². The normalized spacial score (nSPS) is 14.2. The zero-order chi connectivity index (χ0) is 13.0. The molecule has 0 saturated heterocycles. The van der Waals surface area contributed by atoms with Crippen molar-refractivity contribution in [3.63, 3.8) is 0 Å². The van der Waals surface area contributed by atoms with E-state index in [1.807, 2.05) is 6.92 Å². The van der Waals surface area contributed by atoms with E-state index in [4.69, 9.17) is 16.3 Å². The zero-order valence-corrected chi connectivity index (χ0v) is 11.5. The summed E-state index contributed by atoms with van der Waals surface area (Å²) in [6.07, 6.45) is 0. The summed E-state index contributed by atoms with van der Waals surface area (Å²) in [6, 6.07) is 5.29. The third kappa shape index (κ3) is 3.65. The molecule has 1 aliphatic rings. The van der Waals surface area contributed by atoms with Crippen LogP contribution in [0.25, 0.3) is 0 Å². The fourth-order valence-electron chi connectivity index (χ4n) is 1.42. The van der Waals surface area contributed by atoms with Crippen LogP contribution in [0, 0.1) is 6.92 Å². The fourth-order valence-corrected chi connectivity index (χ4v) is 2.28. The van der Waals surface area contributed by atoms with Crippen molar-refractivity contribution in [2.45, 2.75) is 6.92 Å². The molecule has 0 fully saturated rings. The number of nitrogens with one attached hydrogen (secondary N) is 1. The summed E-state index contributed by atoms with van der Waals surface area (Å²) in [7, 11) is 0. The number of amides is 1. The number of thioether (sulfide) groups is 1. The third-order valence-corrected chi connectivity index (χ3v) is 3.65. The van der Waals surface area contributed by atoms with Gasteiger partial charge in [0.05, 0.1) is 6.54 Å². The minimum Gasteiger partial charge on any atom is -0.484 e. The van der Waals surface area contributed by atoms with E-state index in [2.05, 4.69) is 10.3 Å². The van der Waals surface area contributed by atoms with Gasteiger partial charge in [0, 0.05) is 10.8 Å². The maximum Gasteiger partial charge on any atom is 0.263 e. The number of carbonyl (C=O) groups excluding carboxylic acids is 1. The van der Waals surface area contributed by atoms with E-state index in [0.29, 0.717) is 15.9 Å². The van der Waals surface area contributed by atoms with E-state index in [1.165, 1.54) is 0 Å². The molecule has 6 heteroatoms. The lowest BCUT2D eigenvalue weighted by Gasteiger charge is -2.08. The topological polar surface area (TPSA) is 50.7 Å². The molecule has 0 unspecified atom stereocenters. The number of aryl methyl sites for hydroxylation is 1. The van der Waals surface area contributed by atoms with E-state index in [9.17, 15) is 4.79 Å². The van der Waals surface area contributed by atoms with Gasteiger partial charge in [-0.25, -0.2) is 0 Å². The first-order valence-corrected chi connectivity index (χ1v) is 6.87. The molecule has 1 heterocycles. The Hall–Kier alpha value is -1.20. The second kappa shape index (κ2) is 6.11. The molecular formula is C12H13ClN2O2S. The van der Waals surface area contributed by atoms with Crippen molar-refractivity contribution in [3.05, 3.63) is 28.8 Å². The summed E-state index contributed by atoms with van der Waals surface area (Å²) in [5, 5.41) is 4.06. The average molecular weight is 285 g/mol. The second-order valence-corrected chi connectivity index (χ2v) is 5.27. The SMILES string of the molecule is Cc1cc(OCC(=O)NC2=NCCS2)ccc1Cl. The lowest BCUT2D eigenvalue weighted by molar-refractivity contribution is -0.121. The van der Waals surface area contributed by atoms with E-state index in [-0.39, 0.29) is 12.5 Å². The minimum atomic E-state index is -0.198. The molecule has 0 radical (unpaired) electrons. The van der Waals surface area contributed by atoms with Gasteiger partial charge in [-0.3, -0.25) is 9.79 Å². The van der Waals surface area contributed by atoms with Crippen LogP contribution < -0.4 is 10.1 Å². The number of amidine groups is 1. The highest BCUT2D eigenvalue weighted by atomic mass is 35.5. The van der Waals surface area contributed by atoms with Crippen LogP contribution in [0.1, 0.15) is 5.56 Å². The molecule has 0 aromatic heterocycles. The van der Waals surface area contributed by atoms with Gasteiger partial charge in [0.15, 0.2) is 11.8 Å². The van der Waals surface area contributed by atoms with Crippen molar-refractivity contribution in [2.24, 2.45) is 4.99 Å². The number of halogens is 1. The molecular weight excluding hydrogens is 272 g/mol. The Kier molecular flexibility index (Phi) is 4.49. The first-order chi connectivity index (χ1) is 8.65. The molecule has 1 aromatic carbocycles. The fraction of sp³-hybridized carbons (Fsp3) is 0.333. The van der Waals surface area contributed by atoms with E-state index in [1.54, 1.807) is 30.0 Å². The average Bonchev–Trinajstić information content (AvgIpc) is 2.83. The Bertz CT molecular complexity index is 491. The smallest absolute Gasteiger partial charge is 0.263 e. The molecule has 1 amide bonds. The summed E-state index contributed by atoms with van der Waals surface area (Å²) in [5.41, 5.74) is 0.922. The van der Waals surface area contributed by atoms with Crippen LogP contribution in [-0.4, -0.2) is 30.0 Å². The quantitative estimate of drug-likeness (QED) is 0.926. The van der Waals surface area contributed by atoms with Crippen LogP contribution in [0.3, 0.4) is 0 Å². The Morgan fingerprint density at radius 1 is 1.61 bits per heavy atom. The highest BCUT2D eigenvalue weighted by Crippen LogP contribution is 2.20. The van der Waals surface area contributed by atoms with Crippen LogP contribution in [0.15, 0.2) is 23.2 Å². The Morgan fingerprint density at radius 2 is 2.44 bits per heavy atom. The van der Waals surface area contributed by atoms with Crippen LogP contribution >= 0.6 is 23.4 Å². The van der Waals surface area contributed by atoms with E-state index >= 15 is 0 Å². The van der Waals surface area contributed by atoms with Crippen LogP contribution in [-0.2, 0) is 4.79 Å². The number of rotatable bonds is 3. The summed E-state index contributed by atoms with van der Waals surface area (Å²) in [4.78, 5) is 15.7. The molecule has 1 aliphatic heterocycles. The molecule has 0 bridgehead atoms. The van der Waals surface area contributed by atoms with Crippen LogP contribution in [0.2, 0.25) is 5.02 Å². The summed E-state index contributed by atoms with van der Waals surface area (Å²) < 4.78 is 5.38. The molecule has 0 atom stereocenters. The van der Waals surface area contributed by atoms with E-state index < -0.39 is 0 Å². The van der Waals surface area contributed by atoms with Crippen molar-refractivity contribution in [1.82, 2.24) is 5.32 Å². The lowest BCUT2D eigenvalue weighted by Crippen LogP contribution is -2.32. The van der Waals surface area contributed by atoms with Crippen molar-refractivity contribution < 1.29 is 9.53 Å². The number of ether oxygens (including phenoxy) is 1. The van der Waals surface area contributed by atoms with Crippen molar-refractivity contribution in [1.29, 1.82) is 0 Å². The van der Waals surface area contributed by atoms with Gasteiger partial charge in [-0.05, 0) is 30.7 Å². The Labute approximate surface area is 115 Å². The molecule has 18 heavy (non-hydrogen) atoms. The van der Waals surface area contributed by atoms with Gasteiger partial charge in [0.1, 0.15) is 5.75 Å². The largest absolute Gasteiger partial charge is 0.484 e. The molecule has 0 spiro atoms. The van der Waals surface area contributed by atoms with Crippen molar-refractivity contribution >= 4 is 34.4 Å². The molecule has 0 aliphatic carbocycles. The standard InChI is InChI=1S/C12H13ClN2O2S/c1-8-6-9(2-3-10(8)13)17-7-11(16)15-12-14-4-5-18-12/h2-3,6H,4-5,7H2,1H3,(H,14,15,16). The van der Waals surface area contributed by atoms with Gasteiger partial charge < -0.3 is 10.1 Å². The van der Waals surface area contributed by atoms with Gasteiger partial charge in [-0.1, -0.05) is 23.4 Å². The predicted octanol–water partition coefficient (Wildman–Crippen LogP) is 2.25. The number of nitrogens with zero attached hydrogens (tertiary/aromatic N) is 1. The summed E-state index contributed by atoms with van der Waals surface area (Å²) in [6.45, 7) is 2.62. The molecule has 2 rings (SSSR count). The predicted molar refractivity (Wildman–Crippen MR) is 74.6 cm³/mol. The molecule has 1 aromatic rings. The monoisotopic (exact) mass is 284 g/mol. The Morgan fingerprint density at radius 3 is 3.11 bits per heavy atom. The number of benzene rings is 1. The summed E-state index contributed by atoms with van der Waals surface area (Å²) >= 11 is 7.45. The molecule has 96 valence electrons. The first-order valence-electron chi connectivity index (χ1n) is 5.51. The number of aliphatic imine (C=N–C) groups is 1. The number of carbonyl (C=O) groups is 1. The summed E-state index contributed by atoms with van der Waals surface area (Å²) in [5.74, 6) is 1.36. The minimum absolute atomic E-state index is 0.0271. The van der Waals surface area contributed by atoms with Gasteiger partial charge in [-0.2, -0.15) is 0 Å². The second-order valence-electron chi connectivity index (χ2n) is 3.78. The van der Waals surface area contributed by atoms with Crippen LogP contribution in [0.5, 0.6) is 5.75 Å². The first kappa shape index (κ1) is 13.2. The zero-order valence-electron chi connectivity index (χ0n) is 9.90. The third-order valence-electron chi connectivity index (χ3n) is 2.33. The number of hydrogen-bond acceptors (Lipinski definition) is 4. The molecule has 0 saturated carbocycles. The van der Waals surface area contributed by atoms with Gasteiger partial charge >= 0.3 is 0 Å². The molecule has 4 nitrogen and oxygen atoms in total. The Balaban J connectivity index is 1.83. The highest BCUT2D eigenvalue weighted by molar-refractivity contribution is 8.14. The molecule has 1 N–H and O–H groups in total. The lowest BCUT2D eigenvalue weighted by atomic mass is 10.2. The van der Waals surface area contributed by atoms with Gasteiger partial charge in [0.25, 0.3) is 5.91 Å². The van der Waals surface area contributed by atoms with Crippen LogP contribution in [0.4, 0.5) is 0 Å². The van der Waals surface area contributed by atoms with Crippen molar-refractivity contribution in [3.8, 4) is 5.75 Å². The van der Waals surface area contributed by atoms with E-state index in [0.717, 1.165) is 17.9 Å². The van der Waals surface area contributed by atoms with Gasteiger partial charge in [0.2, 0.25) is 0 Å².